The van der Waals surface area contributed by atoms with Crippen molar-refractivity contribution >= 4 is 5.96 Å². The van der Waals surface area contributed by atoms with Crippen LogP contribution in [-0.4, -0.2) is 50.9 Å². The van der Waals surface area contributed by atoms with Gasteiger partial charge in [-0.05, 0) is 56.6 Å². The first-order valence-corrected chi connectivity index (χ1v) is 8.40. The van der Waals surface area contributed by atoms with Crippen molar-refractivity contribution in [3.05, 3.63) is 23.8 Å². The summed E-state index contributed by atoms with van der Waals surface area (Å²) in [6.07, 6.45) is 3.85. The zero-order chi connectivity index (χ0) is 15.9. The molecule has 2 heterocycles. The topological polar surface area (TPSA) is 58.1 Å². The maximum absolute atomic E-state index is 5.40. The SMILES string of the molecule is CN=C(NCCCN1CCCC1)NCc1ccc2c(c1)OCO2. The average Bonchev–Trinajstić information content (AvgIpc) is 3.25. The number of rotatable bonds is 6. The summed E-state index contributed by atoms with van der Waals surface area (Å²) in [6, 6.07) is 6.00. The lowest BCUT2D eigenvalue weighted by molar-refractivity contribution is 0.174. The Hall–Kier alpha value is -1.95. The number of benzene rings is 1. The Kier molecular flexibility index (Phi) is 5.58. The van der Waals surface area contributed by atoms with E-state index in [0.717, 1.165) is 36.0 Å². The molecule has 1 fully saturated rings. The van der Waals surface area contributed by atoms with Gasteiger partial charge in [0, 0.05) is 20.1 Å². The van der Waals surface area contributed by atoms with E-state index in [-0.39, 0.29) is 0 Å². The van der Waals surface area contributed by atoms with Gasteiger partial charge in [-0.2, -0.15) is 0 Å². The van der Waals surface area contributed by atoms with Gasteiger partial charge in [0.2, 0.25) is 6.79 Å². The first kappa shape index (κ1) is 15.9. The third-order valence-electron chi connectivity index (χ3n) is 4.26. The minimum absolute atomic E-state index is 0.312. The fourth-order valence-electron chi connectivity index (χ4n) is 2.97. The van der Waals surface area contributed by atoms with E-state index in [4.69, 9.17) is 9.47 Å². The standard InChI is InChI=1S/C17H26N4O2/c1-18-17(19-7-4-10-21-8-2-3-9-21)20-12-14-5-6-15-16(11-14)23-13-22-15/h5-6,11H,2-4,7-10,12-13H2,1H3,(H2,18,19,20). The first-order chi connectivity index (χ1) is 11.3. The van der Waals surface area contributed by atoms with Gasteiger partial charge in [-0.25, -0.2) is 0 Å². The van der Waals surface area contributed by atoms with Crippen LogP contribution in [0.3, 0.4) is 0 Å². The van der Waals surface area contributed by atoms with E-state index < -0.39 is 0 Å². The molecule has 2 aliphatic heterocycles. The van der Waals surface area contributed by atoms with E-state index >= 15 is 0 Å². The highest BCUT2D eigenvalue weighted by Gasteiger charge is 2.13. The maximum atomic E-state index is 5.40. The second-order valence-electron chi connectivity index (χ2n) is 5.94. The normalized spacial score (nSPS) is 17.5. The zero-order valence-electron chi connectivity index (χ0n) is 13.8. The molecule has 3 rings (SSSR count). The van der Waals surface area contributed by atoms with Gasteiger partial charge >= 0.3 is 0 Å². The number of hydrogen-bond donors (Lipinski definition) is 2. The Balaban J connectivity index is 1.37. The molecule has 1 aromatic carbocycles. The van der Waals surface area contributed by atoms with Crippen LogP contribution >= 0.6 is 0 Å². The monoisotopic (exact) mass is 318 g/mol. The molecule has 0 radical (unpaired) electrons. The number of guanidine groups is 1. The third kappa shape index (κ3) is 4.51. The molecular weight excluding hydrogens is 292 g/mol. The van der Waals surface area contributed by atoms with Gasteiger partial charge in [0.05, 0.1) is 0 Å². The number of fused-ring (bicyclic) bond motifs is 1. The fourth-order valence-corrected chi connectivity index (χ4v) is 2.97. The second-order valence-corrected chi connectivity index (χ2v) is 5.94. The Morgan fingerprint density at radius 1 is 1.17 bits per heavy atom. The molecule has 0 atom stereocenters. The largest absolute Gasteiger partial charge is 0.454 e. The Bertz CT molecular complexity index is 541. The van der Waals surface area contributed by atoms with Crippen LogP contribution < -0.4 is 20.1 Å². The van der Waals surface area contributed by atoms with Crippen LogP contribution in [0.4, 0.5) is 0 Å². The van der Waals surface area contributed by atoms with Crippen molar-refractivity contribution in [2.45, 2.75) is 25.8 Å². The number of aliphatic imine (C=N–C) groups is 1. The molecule has 0 aromatic heterocycles. The van der Waals surface area contributed by atoms with Gasteiger partial charge in [-0.3, -0.25) is 4.99 Å². The molecule has 1 saturated heterocycles. The van der Waals surface area contributed by atoms with Crippen molar-refractivity contribution < 1.29 is 9.47 Å². The van der Waals surface area contributed by atoms with Crippen LogP contribution in [0.5, 0.6) is 11.5 Å². The summed E-state index contributed by atoms with van der Waals surface area (Å²) in [5, 5.41) is 6.71. The molecule has 23 heavy (non-hydrogen) atoms. The molecule has 0 saturated carbocycles. The van der Waals surface area contributed by atoms with E-state index in [0.29, 0.717) is 13.3 Å². The van der Waals surface area contributed by atoms with Crippen LogP contribution in [0.2, 0.25) is 0 Å². The molecular formula is C17H26N4O2. The molecule has 0 amide bonds. The lowest BCUT2D eigenvalue weighted by atomic mass is 10.2. The van der Waals surface area contributed by atoms with Gasteiger partial charge in [0.15, 0.2) is 17.5 Å². The summed E-state index contributed by atoms with van der Waals surface area (Å²) in [4.78, 5) is 6.80. The molecule has 2 aliphatic rings. The molecule has 0 aliphatic carbocycles. The smallest absolute Gasteiger partial charge is 0.231 e. The van der Waals surface area contributed by atoms with Crippen molar-refractivity contribution in [3.63, 3.8) is 0 Å². The summed E-state index contributed by atoms with van der Waals surface area (Å²) < 4.78 is 10.7. The summed E-state index contributed by atoms with van der Waals surface area (Å²) in [6.45, 7) is 5.66. The molecule has 0 spiro atoms. The van der Waals surface area contributed by atoms with Crippen molar-refractivity contribution in [3.8, 4) is 11.5 Å². The molecule has 6 nitrogen and oxygen atoms in total. The number of ether oxygens (including phenoxy) is 2. The number of likely N-dealkylation sites (tertiary alicyclic amines) is 1. The molecule has 126 valence electrons. The van der Waals surface area contributed by atoms with E-state index in [1.165, 1.54) is 32.5 Å². The molecule has 2 N–H and O–H groups in total. The van der Waals surface area contributed by atoms with Crippen LogP contribution in [0, 0.1) is 0 Å². The third-order valence-corrected chi connectivity index (χ3v) is 4.26. The average molecular weight is 318 g/mol. The lowest BCUT2D eigenvalue weighted by Crippen LogP contribution is -2.38. The highest BCUT2D eigenvalue weighted by Crippen LogP contribution is 2.32. The zero-order valence-corrected chi connectivity index (χ0v) is 13.8. The van der Waals surface area contributed by atoms with Gasteiger partial charge in [0.1, 0.15) is 0 Å². The summed E-state index contributed by atoms with van der Waals surface area (Å²) in [5.74, 6) is 2.47. The van der Waals surface area contributed by atoms with E-state index in [1.54, 1.807) is 7.05 Å². The Morgan fingerprint density at radius 2 is 2.00 bits per heavy atom. The number of nitrogens with zero attached hydrogens (tertiary/aromatic N) is 2. The molecule has 0 bridgehead atoms. The second kappa shape index (κ2) is 8.06. The van der Waals surface area contributed by atoms with E-state index in [2.05, 4.69) is 20.5 Å². The summed E-state index contributed by atoms with van der Waals surface area (Å²) >= 11 is 0. The molecule has 0 unspecified atom stereocenters. The highest BCUT2D eigenvalue weighted by atomic mass is 16.7. The number of nitrogens with one attached hydrogen (secondary N) is 2. The molecule has 1 aromatic rings. The van der Waals surface area contributed by atoms with Crippen LogP contribution in [0.15, 0.2) is 23.2 Å². The molecule has 6 heteroatoms. The van der Waals surface area contributed by atoms with Gasteiger partial charge in [-0.1, -0.05) is 6.07 Å². The van der Waals surface area contributed by atoms with Crippen LogP contribution in [0.25, 0.3) is 0 Å². The minimum atomic E-state index is 0.312. The van der Waals surface area contributed by atoms with Crippen molar-refractivity contribution in [2.24, 2.45) is 4.99 Å². The highest BCUT2D eigenvalue weighted by molar-refractivity contribution is 5.79. The summed E-state index contributed by atoms with van der Waals surface area (Å²) in [7, 11) is 1.80. The van der Waals surface area contributed by atoms with Crippen LogP contribution in [0.1, 0.15) is 24.8 Å². The Morgan fingerprint density at radius 3 is 2.83 bits per heavy atom. The predicted molar refractivity (Wildman–Crippen MR) is 91.1 cm³/mol. The fraction of sp³-hybridized carbons (Fsp3) is 0.588. The Labute approximate surface area is 137 Å². The van der Waals surface area contributed by atoms with Crippen molar-refractivity contribution in [2.75, 3.05) is 40.0 Å². The minimum Gasteiger partial charge on any atom is -0.454 e. The van der Waals surface area contributed by atoms with E-state index in [9.17, 15) is 0 Å². The van der Waals surface area contributed by atoms with E-state index in [1.807, 2.05) is 18.2 Å². The van der Waals surface area contributed by atoms with Crippen molar-refractivity contribution in [1.82, 2.24) is 15.5 Å². The first-order valence-electron chi connectivity index (χ1n) is 8.40. The quantitative estimate of drug-likeness (QED) is 0.474. The van der Waals surface area contributed by atoms with Gasteiger partial charge in [0.25, 0.3) is 0 Å². The van der Waals surface area contributed by atoms with Gasteiger partial charge in [-0.15, -0.1) is 0 Å². The van der Waals surface area contributed by atoms with Gasteiger partial charge < -0.3 is 25.0 Å². The summed E-state index contributed by atoms with van der Waals surface area (Å²) in [5.41, 5.74) is 1.15. The number of hydrogen-bond acceptors (Lipinski definition) is 4. The van der Waals surface area contributed by atoms with Crippen molar-refractivity contribution in [1.29, 1.82) is 0 Å². The maximum Gasteiger partial charge on any atom is 0.231 e. The predicted octanol–water partition coefficient (Wildman–Crippen LogP) is 1.57. The van der Waals surface area contributed by atoms with Crippen LogP contribution in [-0.2, 0) is 6.54 Å². The lowest BCUT2D eigenvalue weighted by Gasteiger charge is -2.16.